The van der Waals surface area contributed by atoms with Crippen molar-refractivity contribution in [2.75, 3.05) is 0 Å². The molecule has 0 aliphatic carbocycles. The van der Waals surface area contributed by atoms with Gasteiger partial charge in [-0.2, -0.15) is 0 Å². The van der Waals surface area contributed by atoms with Crippen molar-refractivity contribution in [1.82, 2.24) is 0 Å². The van der Waals surface area contributed by atoms with E-state index < -0.39 is 0 Å². The number of aryl methyl sites for hydroxylation is 1. The number of hydrogen-bond acceptors (Lipinski definition) is 1. The van der Waals surface area contributed by atoms with Crippen molar-refractivity contribution in [3.63, 3.8) is 0 Å². The molecule has 100 valence electrons. The molecule has 0 aliphatic heterocycles. The Labute approximate surface area is 128 Å². The fraction of sp³-hybridized carbons (Fsp3) is 0.200. The maximum absolute atomic E-state index is 6.12. The van der Waals surface area contributed by atoms with Gasteiger partial charge in [0.1, 0.15) is 12.4 Å². The quantitative estimate of drug-likeness (QED) is 0.665. The van der Waals surface area contributed by atoms with Crippen LogP contribution in [0.4, 0.5) is 0 Å². The summed E-state index contributed by atoms with van der Waals surface area (Å²) in [4.78, 5) is 0. The molecule has 4 heteroatoms. The van der Waals surface area contributed by atoms with Crippen LogP contribution in [0.2, 0.25) is 10.0 Å². The number of alkyl halides is 1. The van der Waals surface area contributed by atoms with E-state index in [1.54, 1.807) is 12.1 Å². The molecule has 2 rings (SSSR count). The van der Waals surface area contributed by atoms with E-state index in [-0.39, 0.29) is 0 Å². The first-order chi connectivity index (χ1) is 9.11. The molecule has 0 bridgehead atoms. The highest BCUT2D eigenvalue weighted by atomic mass is 35.5. The third-order valence-electron chi connectivity index (χ3n) is 2.82. The van der Waals surface area contributed by atoms with E-state index in [2.05, 4.69) is 0 Å². The van der Waals surface area contributed by atoms with E-state index in [9.17, 15) is 0 Å². The molecule has 0 N–H and O–H groups in total. The number of rotatable bonds is 4. The van der Waals surface area contributed by atoms with E-state index in [4.69, 9.17) is 39.5 Å². The topological polar surface area (TPSA) is 9.23 Å². The van der Waals surface area contributed by atoms with Gasteiger partial charge in [-0.15, -0.1) is 11.6 Å². The number of ether oxygens (including phenoxy) is 1. The van der Waals surface area contributed by atoms with Crippen LogP contribution in [0, 0.1) is 6.92 Å². The van der Waals surface area contributed by atoms with Gasteiger partial charge in [-0.25, -0.2) is 0 Å². The molecule has 0 radical (unpaired) electrons. The second kappa shape index (κ2) is 6.51. The number of benzene rings is 2. The van der Waals surface area contributed by atoms with Gasteiger partial charge in [0.25, 0.3) is 0 Å². The van der Waals surface area contributed by atoms with Gasteiger partial charge in [-0.05, 0) is 24.6 Å². The fourth-order valence-corrected chi connectivity index (χ4v) is 2.49. The summed E-state index contributed by atoms with van der Waals surface area (Å²) in [6.45, 7) is 2.39. The zero-order valence-corrected chi connectivity index (χ0v) is 12.7. The van der Waals surface area contributed by atoms with Crippen molar-refractivity contribution in [3.05, 3.63) is 63.1 Å². The Hall–Kier alpha value is -0.890. The van der Waals surface area contributed by atoms with Crippen molar-refractivity contribution in [2.45, 2.75) is 19.4 Å². The zero-order chi connectivity index (χ0) is 13.8. The Bertz CT molecular complexity index is 582. The molecule has 2 aromatic rings. The van der Waals surface area contributed by atoms with Crippen LogP contribution < -0.4 is 4.74 Å². The lowest BCUT2D eigenvalue weighted by Crippen LogP contribution is -2.00. The Kier molecular flexibility index (Phi) is 4.98. The fourth-order valence-electron chi connectivity index (χ4n) is 1.81. The minimum atomic E-state index is 0.394. The Morgan fingerprint density at radius 2 is 1.84 bits per heavy atom. The van der Waals surface area contributed by atoms with Gasteiger partial charge in [-0.3, -0.25) is 0 Å². The standard InChI is InChI=1S/C15H13Cl3O/c1-10-3-2-4-11(8-16)15(10)19-9-12-5-6-13(17)7-14(12)18/h2-7H,8-9H2,1H3. The molecule has 19 heavy (non-hydrogen) atoms. The van der Waals surface area contributed by atoms with E-state index >= 15 is 0 Å². The van der Waals surface area contributed by atoms with Crippen LogP contribution >= 0.6 is 34.8 Å². The largest absolute Gasteiger partial charge is 0.488 e. The SMILES string of the molecule is Cc1cccc(CCl)c1OCc1ccc(Cl)cc1Cl. The van der Waals surface area contributed by atoms with Gasteiger partial charge in [0.2, 0.25) is 0 Å². The molecule has 1 nitrogen and oxygen atoms in total. The average Bonchev–Trinajstić information content (AvgIpc) is 2.39. The third-order valence-corrected chi connectivity index (χ3v) is 3.70. The Morgan fingerprint density at radius 1 is 1.05 bits per heavy atom. The zero-order valence-electron chi connectivity index (χ0n) is 10.4. The molecule has 0 aliphatic rings. The van der Waals surface area contributed by atoms with E-state index in [1.807, 2.05) is 31.2 Å². The first-order valence-corrected chi connectivity index (χ1v) is 7.12. The van der Waals surface area contributed by atoms with Crippen molar-refractivity contribution < 1.29 is 4.74 Å². The van der Waals surface area contributed by atoms with Gasteiger partial charge in [0, 0.05) is 21.2 Å². The molecular formula is C15H13Cl3O. The van der Waals surface area contributed by atoms with Crippen molar-refractivity contribution >= 4 is 34.8 Å². The average molecular weight is 316 g/mol. The third kappa shape index (κ3) is 3.56. The van der Waals surface area contributed by atoms with Gasteiger partial charge in [0.15, 0.2) is 0 Å². The summed E-state index contributed by atoms with van der Waals surface area (Å²) in [6.07, 6.45) is 0. The molecule has 0 unspecified atom stereocenters. The first-order valence-electron chi connectivity index (χ1n) is 5.83. The summed E-state index contributed by atoms with van der Waals surface area (Å²) in [7, 11) is 0. The van der Waals surface area contributed by atoms with Crippen LogP contribution in [0.1, 0.15) is 16.7 Å². The van der Waals surface area contributed by atoms with Crippen molar-refractivity contribution in [2.24, 2.45) is 0 Å². The molecule has 0 saturated heterocycles. The van der Waals surface area contributed by atoms with Crippen LogP contribution in [-0.4, -0.2) is 0 Å². The Balaban J connectivity index is 2.19. The first kappa shape index (κ1) is 14.5. The minimum Gasteiger partial charge on any atom is -0.488 e. The number of hydrogen-bond donors (Lipinski definition) is 0. The van der Waals surface area contributed by atoms with E-state index in [0.717, 1.165) is 22.4 Å². The monoisotopic (exact) mass is 314 g/mol. The predicted molar refractivity (Wildman–Crippen MR) is 81.5 cm³/mol. The predicted octanol–water partition coefficient (Wildman–Crippen LogP) is 5.62. The summed E-state index contributed by atoms with van der Waals surface area (Å²) in [5.74, 6) is 1.24. The van der Waals surface area contributed by atoms with Crippen LogP contribution in [0.15, 0.2) is 36.4 Å². The summed E-state index contributed by atoms with van der Waals surface area (Å²) >= 11 is 17.9. The van der Waals surface area contributed by atoms with Gasteiger partial charge < -0.3 is 4.74 Å². The maximum atomic E-state index is 6.12. The van der Waals surface area contributed by atoms with Gasteiger partial charge >= 0.3 is 0 Å². The molecule has 0 saturated carbocycles. The number of para-hydroxylation sites is 1. The Morgan fingerprint density at radius 3 is 2.53 bits per heavy atom. The van der Waals surface area contributed by atoms with Crippen LogP contribution in [0.3, 0.4) is 0 Å². The van der Waals surface area contributed by atoms with E-state index in [0.29, 0.717) is 22.5 Å². The lowest BCUT2D eigenvalue weighted by atomic mass is 10.1. The summed E-state index contributed by atoms with van der Waals surface area (Å²) in [6, 6.07) is 11.3. The van der Waals surface area contributed by atoms with Crippen molar-refractivity contribution in [3.8, 4) is 5.75 Å². The normalized spacial score (nSPS) is 10.5. The highest BCUT2D eigenvalue weighted by Gasteiger charge is 2.08. The summed E-state index contributed by atoms with van der Waals surface area (Å²) < 4.78 is 5.85. The molecule has 2 aromatic carbocycles. The second-order valence-corrected chi connectivity index (χ2v) is 5.33. The van der Waals surface area contributed by atoms with E-state index in [1.165, 1.54) is 0 Å². The smallest absolute Gasteiger partial charge is 0.127 e. The maximum Gasteiger partial charge on any atom is 0.127 e. The van der Waals surface area contributed by atoms with Crippen LogP contribution in [-0.2, 0) is 12.5 Å². The minimum absolute atomic E-state index is 0.394. The molecule has 0 aromatic heterocycles. The molecule has 0 fully saturated rings. The van der Waals surface area contributed by atoms with Gasteiger partial charge in [-0.1, -0.05) is 47.5 Å². The second-order valence-electron chi connectivity index (χ2n) is 4.22. The summed E-state index contributed by atoms with van der Waals surface area (Å²) in [5.41, 5.74) is 2.94. The van der Waals surface area contributed by atoms with Crippen LogP contribution in [0.25, 0.3) is 0 Å². The van der Waals surface area contributed by atoms with Crippen molar-refractivity contribution in [1.29, 1.82) is 0 Å². The summed E-state index contributed by atoms with van der Waals surface area (Å²) in [5, 5.41) is 1.22. The highest BCUT2D eigenvalue weighted by Crippen LogP contribution is 2.27. The molecular weight excluding hydrogens is 303 g/mol. The van der Waals surface area contributed by atoms with Crippen LogP contribution in [0.5, 0.6) is 5.75 Å². The number of halogens is 3. The lowest BCUT2D eigenvalue weighted by molar-refractivity contribution is 0.302. The van der Waals surface area contributed by atoms with Gasteiger partial charge in [0.05, 0.1) is 5.88 Å². The lowest BCUT2D eigenvalue weighted by Gasteiger charge is -2.13. The molecule has 0 spiro atoms. The molecule has 0 amide bonds. The molecule has 0 atom stereocenters. The highest BCUT2D eigenvalue weighted by molar-refractivity contribution is 6.35. The molecule has 0 heterocycles.